The van der Waals surface area contributed by atoms with Crippen molar-refractivity contribution in [2.75, 3.05) is 12.3 Å². The topological polar surface area (TPSA) is 75.5 Å². The lowest BCUT2D eigenvalue weighted by atomic mass is 10.2. The summed E-state index contributed by atoms with van der Waals surface area (Å²) in [6, 6.07) is 5.31. The molecule has 0 saturated carbocycles. The molecule has 0 atom stereocenters. The van der Waals surface area contributed by atoms with Gasteiger partial charge in [-0.2, -0.15) is 0 Å². The molecule has 0 bridgehead atoms. The van der Waals surface area contributed by atoms with Crippen LogP contribution in [0.25, 0.3) is 5.52 Å². The molecule has 2 aromatic rings. The second kappa shape index (κ2) is 7.12. The number of thioether (sulfide) groups is 1. The van der Waals surface area contributed by atoms with E-state index in [4.69, 9.17) is 0 Å². The number of amides is 3. The van der Waals surface area contributed by atoms with Crippen molar-refractivity contribution in [1.29, 1.82) is 0 Å². The van der Waals surface area contributed by atoms with Crippen LogP contribution in [0.1, 0.15) is 13.8 Å². The van der Waals surface area contributed by atoms with Gasteiger partial charge in [0.1, 0.15) is 0 Å². The third-order valence-electron chi connectivity index (χ3n) is 2.66. The fourth-order valence-corrected chi connectivity index (χ4v) is 2.42. The Hall–Kier alpha value is -2.02. The van der Waals surface area contributed by atoms with Crippen molar-refractivity contribution in [2.45, 2.75) is 19.0 Å². The molecule has 6 nitrogen and oxygen atoms in total. The molecule has 2 heterocycles. The summed E-state index contributed by atoms with van der Waals surface area (Å²) in [5.41, 5.74) is 0.968. The minimum Gasteiger partial charge on any atom is -0.338 e. The number of imide groups is 1. The second-order valence-corrected chi connectivity index (χ2v) is 5.92. The van der Waals surface area contributed by atoms with E-state index in [1.54, 1.807) is 6.20 Å². The van der Waals surface area contributed by atoms with E-state index < -0.39 is 6.03 Å². The van der Waals surface area contributed by atoms with E-state index in [0.717, 1.165) is 10.7 Å². The summed E-state index contributed by atoms with van der Waals surface area (Å²) in [5, 5.41) is 5.66. The third-order valence-corrected chi connectivity index (χ3v) is 3.63. The molecule has 7 heteroatoms. The van der Waals surface area contributed by atoms with Gasteiger partial charge in [-0.3, -0.25) is 14.5 Å². The molecule has 0 unspecified atom stereocenters. The van der Waals surface area contributed by atoms with E-state index in [1.165, 1.54) is 11.8 Å². The molecule has 3 amide bonds. The van der Waals surface area contributed by atoms with Crippen LogP contribution in [0.5, 0.6) is 0 Å². The molecule has 0 saturated heterocycles. The van der Waals surface area contributed by atoms with Gasteiger partial charge in [0.05, 0.1) is 17.5 Å². The van der Waals surface area contributed by atoms with Crippen molar-refractivity contribution in [3.63, 3.8) is 0 Å². The van der Waals surface area contributed by atoms with Crippen molar-refractivity contribution in [1.82, 2.24) is 20.0 Å². The summed E-state index contributed by atoms with van der Waals surface area (Å²) in [7, 11) is 0. The summed E-state index contributed by atoms with van der Waals surface area (Å²) < 4.78 is 1.90. The normalized spacial score (nSPS) is 10.8. The summed E-state index contributed by atoms with van der Waals surface area (Å²) in [4.78, 5) is 27.4. The van der Waals surface area contributed by atoms with Gasteiger partial charge in [0.2, 0.25) is 5.91 Å². The van der Waals surface area contributed by atoms with Crippen LogP contribution in [-0.2, 0) is 4.79 Å². The predicted molar refractivity (Wildman–Crippen MR) is 82.3 cm³/mol. The number of urea groups is 1. The highest BCUT2D eigenvalue weighted by Crippen LogP contribution is 2.17. The third kappa shape index (κ3) is 4.49. The van der Waals surface area contributed by atoms with Crippen LogP contribution in [0.15, 0.2) is 35.7 Å². The van der Waals surface area contributed by atoms with Gasteiger partial charge in [-0.1, -0.05) is 31.7 Å². The quantitative estimate of drug-likeness (QED) is 0.827. The number of nitrogens with zero attached hydrogens (tertiary/aromatic N) is 2. The van der Waals surface area contributed by atoms with Gasteiger partial charge in [-0.15, -0.1) is 0 Å². The molecule has 0 aliphatic carbocycles. The van der Waals surface area contributed by atoms with E-state index in [1.807, 2.05) is 42.6 Å². The molecule has 0 aliphatic heterocycles. The van der Waals surface area contributed by atoms with Gasteiger partial charge < -0.3 is 5.32 Å². The maximum Gasteiger partial charge on any atom is 0.321 e. The molecule has 21 heavy (non-hydrogen) atoms. The Bertz CT molecular complexity index is 639. The van der Waals surface area contributed by atoms with Crippen LogP contribution in [0.3, 0.4) is 0 Å². The first-order valence-electron chi connectivity index (χ1n) is 6.69. The Labute approximate surface area is 127 Å². The zero-order chi connectivity index (χ0) is 15.2. The van der Waals surface area contributed by atoms with E-state index in [9.17, 15) is 9.59 Å². The van der Waals surface area contributed by atoms with Crippen molar-refractivity contribution in [3.8, 4) is 0 Å². The maximum atomic E-state index is 11.7. The zero-order valence-corrected chi connectivity index (χ0v) is 12.8. The first-order valence-corrected chi connectivity index (χ1v) is 7.67. The second-order valence-electron chi connectivity index (χ2n) is 4.98. The molecule has 2 N–H and O–H groups in total. The van der Waals surface area contributed by atoms with Gasteiger partial charge in [-0.05, 0) is 18.1 Å². The van der Waals surface area contributed by atoms with Crippen LogP contribution in [0, 0.1) is 5.92 Å². The van der Waals surface area contributed by atoms with Crippen molar-refractivity contribution >= 4 is 29.2 Å². The Balaban J connectivity index is 1.82. The van der Waals surface area contributed by atoms with Crippen molar-refractivity contribution in [3.05, 3.63) is 30.6 Å². The Morgan fingerprint density at radius 2 is 2.19 bits per heavy atom. The molecule has 0 radical (unpaired) electrons. The first kappa shape index (κ1) is 15.4. The number of hydrogen-bond acceptors (Lipinski definition) is 4. The Morgan fingerprint density at radius 3 is 2.95 bits per heavy atom. The Morgan fingerprint density at radius 1 is 1.38 bits per heavy atom. The highest BCUT2D eigenvalue weighted by molar-refractivity contribution is 7.99. The van der Waals surface area contributed by atoms with Gasteiger partial charge in [0.25, 0.3) is 0 Å². The molecule has 2 rings (SSSR count). The predicted octanol–water partition coefficient (Wildman–Crippen LogP) is 1.91. The van der Waals surface area contributed by atoms with Crippen LogP contribution in [0.4, 0.5) is 4.79 Å². The largest absolute Gasteiger partial charge is 0.338 e. The lowest BCUT2D eigenvalue weighted by molar-refractivity contribution is -0.117. The zero-order valence-electron chi connectivity index (χ0n) is 12.0. The van der Waals surface area contributed by atoms with Crippen LogP contribution in [-0.4, -0.2) is 33.6 Å². The molecule has 2 aromatic heterocycles. The monoisotopic (exact) mass is 306 g/mol. The maximum absolute atomic E-state index is 11.7. The summed E-state index contributed by atoms with van der Waals surface area (Å²) in [6.45, 7) is 4.51. The fourth-order valence-electron chi connectivity index (χ4n) is 1.66. The van der Waals surface area contributed by atoms with E-state index in [0.29, 0.717) is 12.5 Å². The highest BCUT2D eigenvalue weighted by Gasteiger charge is 2.10. The smallest absolute Gasteiger partial charge is 0.321 e. The summed E-state index contributed by atoms with van der Waals surface area (Å²) >= 11 is 1.29. The molecule has 112 valence electrons. The van der Waals surface area contributed by atoms with Crippen LogP contribution in [0.2, 0.25) is 0 Å². The van der Waals surface area contributed by atoms with E-state index in [2.05, 4.69) is 15.6 Å². The average molecular weight is 306 g/mol. The van der Waals surface area contributed by atoms with Gasteiger partial charge in [0.15, 0.2) is 5.16 Å². The number of carbonyl (C=O) groups is 2. The van der Waals surface area contributed by atoms with Crippen molar-refractivity contribution < 1.29 is 9.59 Å². The molecule has 0 aromatic carbocycles. The van der Waals surface area contributed by atoms with Crippen molar-refractivity contribution in [2.24, 2.45) is 5.92 Å². The molecular weight excluding hydrogens is 288 g/mol. The van der Waals surface area contributed by atoms with Crippen LogP contribution >= 0.6 is 11.8 Å². The van der Waals surface area contributed by atoms with Gasteiger partial charge in [-0.25, -0.2) is 9.78 Å². The SMILES string of the molecule is CC(C)CNC(=O)NC(=O)CSc1ncc2ccccn12. The summed E-state index contributed by atoms with van der Waals surface area (Å²) in [6.07, 6.45) is 3.63. The number of rotatable bonds is 5. The number of nitrogens with one attached hydrogen (secondary N) is 2. The summed E-state index contributed by atoms with van der Waals surface area (Å²) in [5.74, 6) is 0.147. The van der Waals surface area contributed by atoms with E-state index in [-0.39, 0.29) is 11.7 Å². The average Bonchev–Trinajstić information content (AvgIpc) is 2.86. The fraction of sp³-hybridized carbons (Fsp3) is 0.357. The molecular formula is C14H18N4O2S. The molecule has 0 spiro atoms. The minimum absolute atomic E-state index is 0.142. The first-order chi connectivity index (χ1) is 10.1. The molecule has 0 aliphatic rings. The number of carbonyl (C=O) groups excluding carboxylic acids is 2. The standard InChI is InChI=1S/C14H18N4O2S/c1-10(2)7-15-13(20)17-12(19)9-21-14-16-8-11-5-3-4-6-18(11)14/h3-6,8,10H,7,9H2,1-2H3,(H2,15,17,19,20). The highest BCUT2D eigenvalue weighted by atomic mass is 32.2. The lowest BCUT2D eigenvalue weighted by Crippen LogP contribution is -2.41. The number of imidazole rings is 1. The lowest BCUT2D eigenvalue weighted by Gasteiger charge is -2.08. The van der Waals surface area contributed by atoms with Crippen LogP contribution < -0.4 is 10.6 Å². The molecule has 0 fully saturated rings. The number of aromatic nitrogens is 2. The van der Waals surface area contributed by atoms with E-state index >= 15 is 0 Å². The van der Waals surface area contributed by atoms with Gasteiger partial charge in [0, 0.05) is 12.7 Å². The Kier molecular flexibility index (Phi) is 5.21. The number of fused-ring (bicyclic) bond motifs is 1. The minimum atomic E-state index is -0.456. The number of hydrogen-bond donors (Lipinski definition) is 2. The van der Waals surface area contributed by atoms with Gasteiger partial charge >= 0.3 is 6.03 Å². The number of pyridine rings is 1.